The number of amides is 8. The smallest absolute Gasteiger partial charge is 0.258 e. The lowest BCUT2D eigenvalue weighted by atomic mass is 9.75. The van der Waals surface area contributed by atoms with E-state index in [1.807, 2.05) is 0 Å². The molecule has 3 aliphatic carbocycles. The largest absolute Gasteiger partial charge is 0.330 e. The van der Waals surface area contributed by atoms with Crippen LogP contribution in [0.25, 0.3) is 0 Å². The second-order valence-electron chi connectivity index (χ2n) is 26.4. The fraction of sp³-hybridized carbons (Fsp3) is 0.582. The Bertz CT molecular complexity index is 2970. The highest BCUT2D eigenvalue weighted by molar-refractivity contribution is 6.29. The molecule has 2 bridgehead atoms. The average molecular weight is 1090 g/mol. The maximum atomic E-state index is 15.0. The first kappa shape index (κ1) is 58.4. The summed E-state index contributed by atoms with van der Waals surface area (Å²) in [4.78, 5) is 119. The molecule has 3 heterocycles. The SMILES string of the molecule is CCc1cc(C(C)C)c(N2C(=O)CC(N(CC3CC4C5CC(CN(C(C)=O)C6CC(=O)N(c7c(C(C)C)cc(Cc8cc(C(C)C)c(N9C(=O)C=CC9=O)c(C(C)C)c8)cc7C(C)C)C6=O)C(C5)C4C3)C(C)=O)C2=O)c(C(C)C)c1. The minimum atomic E-state index is -0.925. The predicted octanol–water partition coefficient (Wildman–Crippen LogP) is 12.0. The Morgan fingerprint density at radius 3 is 1.21 bits per heavy atom. The first-order valence-corrected chi connectivity index (χ1v) is 30.1. The molecule has 13 heteroatoms. The third-order valence-corrected chi connectivity index (χ3v) is 19.1. The third kappa shape index (κ3) is 10.5. The van der Waals surface area contributed by atoms with Crippen molar-refractivity contribution in [2.45, 2.75) is 203 Å². The summed E-state index contributed by atoms with van der Waals surface area (Å²) >= 11 is 0. The molecule has 0 N–H and O–H groups in total. The van der Waals surface area contributed by atoms with Gasteiger partial charge >= 0.3 is 0 Å². The van der Waals surface area contributed by atoms with Gasteiger partial charge in [0.1, 0.15) is 12.1 Å². The fourth-order valence-electron chi connectivity index (χ4n) is 15.3. The van der Waals surface area contributed by atoms with E-state index >= 15 is 4.79 Å². The molecule has 3 aromatic rings. The minimum Gasteiger partial charge on any atom is -0.330 e. The Balaban J connectivity index is 0.918. The molecule has 3 saturated carbocycles. The van der Waals surface area contributed by atoms with E-state index in [4.69, 9.17) is 0 Å². The number of hydrogen-bond donors (Lipinski definition) is 0. The lowest BCUT2D eigenvalue weighted by Crippen LogP contribution is -2.48. The predicted molar refractivity (Wildman–Crippen MR) is 314 cm³/mol. The Morgan fingerprint density at radius 1 is 0.475 bits per heavy atom. The molecule has 0 spiro atoms. The minimum absolute atomic E-state index is 0.0225. The molecule has 8 atom stereocenters. The number of imide groups is 3. The topological polar surface area (TPSA) is 153 Å². The van der Waals surface area contributed by atoms with Gasteiger partial charge in [-0.1, -0.05) is 126 Å². The van der Waals surface area contributed by atoms with E-state index < -0.39 is 12.1 Å². The van der Waals surface area contributed by atoms with E-state index in [1.165, 1.54) is 46.3 Å². The molecule has 80 heavy (non-hydrogen) atoms. The summed E-state index contributed by atoms with van der Waals surface area (Å²) in [5.41, 5.74) is 10.7. The van der Waals surface area contributed by atoms with Gasteiger partial charge in [0.05, 0.1) is 29.9 Å². The summed E-state index contributed by atoms with van der Waals surface area (Å²) in [5, 5.41) is 0. The summed E-state index contributed by atoms with van der Waals surface area (Å²) in [5.74, 6) is -0.371. The Morgan fingerprint density at radius 2 is 0.838 bits per heavy atom. The zero-order valence-electron chi connectivity index (χ0n) is 50.3. The summed E-state index contributed by atoms with van der Waals surface area (Å²) in [6, 6.07) is 10.9. The van der Waals surface area contributed by atoms with Crippen molar-refractivity contribution >= 4 is 64.3 Å². The number of carbonyl (C=O) groups excluding carboxylic acids is 8. The molecular formula is C67H87N5O8. The molecule has 9 rings (SSSR count). The van der Waals surface area contributed by atoms with Crippen molar-refractivity contribution < 1.29 is 38.4 Å². The molecule has 13 nitrogen and oxygen atoms in total. The molecule has 0 radical (unpaired) electrons. The number of nitrogens with zero attached hydrogens (tertiary/aromatic N) is 5. The molecule has 0 aromatic heterocycles. The summed E-state index contributed by atoms with van der Waals surface area (Å²) in [7, 11) is 0. The van der Waals surface area contributed by atoms with Crippen LogP contribution in [0, 0.1) is 35.5 Å². The van der Waals surface area contributed by atoms with Crippen LogP contribution >= 0.6 is 0 Å². The van der Waals surface area contributed by atoms with Crippen LogP contribution in [-0.4, -0.2) is 82.2 Å². The van der Waals surface area contributed by atoms with Gasteiger partial charge in [-0.05, 0) is 160 Å². The Hall–Kier alpha value is -6.24. The standard InChI is InChI=1S/C67H87N5O8/c1-16-42-20-48(34(2)3)64(49(21-42)35(4)5)71-61(77)30-57(66(71)79)68(40(14)73)32-45-26-54-46-28-47(55(29-46)56(54)27-45)33-69(41(15)74)58-31-62(78)72(67(58)80)65-52(38(10)11)24-44(25-53(65)39(12)13)19-43-22-50(36(6)7)63(51(23-43)37(8)9)70-59(75)17-18-60(70)76/h17-18,20-25,34-39,45-47,54-58H,16,19,26-33H2,1-15H3. The van der Waals surface area contributed by atoms with Crippen molar-refractivity contribution in [1.82, 2.24) is 9.80 Å². The molecular weight excluding hydrogens is 1000 g/mol. The summed E-state index contributed by atoms with van der Waals surface area (Å²) < 4.78 is 0. The maximum Gasteiger partial charge on any atom is 0.258 e. The second-order valence-corrected chi connectivity index (χ2v) is 26.4. The maximum absolute atomic E-state index is 15.0. The molecule has 3 aromatic carbocycles. The highest BCUT2D eigenvalue weighted by Crippen LogP contribution is 2.62. The molecule has 6 aliphatic rings. The van der Waals surface area contributed by atoms with Crippen LogP contribution in [-0.2, 0) is 51.2 Å². The van der Waals surface area contributed by atoms with Crippen LogP contribution in [0.2, 0.25) is 0 Å². The van der Waals surface area contributed by atoms with Gasteiger partial charge in [0.25, 0.3) is 23.6 Å². The van der Waals surface area contributed by atoms with Crippen molar-refractivity contribution in [2.75, 3.05) is 27.8 Å². The molecule has 2 saturated heterocycles. The van der Waals surface area contributed by atoms with E-state index in [9.17, 15) is 33.6 Å². The van der Waals surface area contributed by atoms with Crippen LogP contribution in [0.4, 0.5) is 17.1 Å². The van der Waals surface area contributed by atoms with Gasteiger partial charge in [0.2, 0.25) is 23.6 Å². The van der Waals surface area contributed by atoms with Crippen LogP contribution in [0.3, 0.4) is 0 Å². The number of benzene rings is 3. The number of carbonyl (C=O) groups is 8. The van der Waals surface area contributed by atoms with Gasteiger partial charge < -0.3 is 9.80 Å². The van der Waals surface area contributed by atoms with Gasteiger partial charge in [-0.25, -0.2) is 14.7 Å². The zero-order chi connectivity index (χ0) is 58.2. The monoisotopic (exact) mass is 1090 g/mol. The number of aryl methyl sites for hydroxylation is 1. The molecule has 428 valence electrons. The van der Waals surface area contributed by atoms with Crippen molar-refractivity contribution in [1.29, 1.82) is 0 Å². The number of hydrogen-bond acceptors (Lipinski definition) is 8. The van der Waals surface area contributed by atoms with Crippen molar-refractivity contribution in [3.8, 4) is 0 Å². The molecule has 3 aliphatic heterocycles. The molecule has 5 fully saturated rings. The second kappa shape index (κ2) is 22.6. The zero-order valence-corrected chi connectivity index (χ0v) is 50.3. The van der Waals surface area contributed by atoms with Crippen molar-refractivity contribution in [2.24, 2.45) is 35.5 Å². The van der Waals surface area contributed by atoms with Crippen molar-refractivity contribution in [3.05, 3.63) is 98.6 Å². The van der Waals surface area contributed by atoms with E-state index in [-0.39, 0.29) is 107 Å². The average Bonchev–Trinajstić information content (AvgIpc) is 4.29. The highest BCUT2D eigenvalue weighted by atomic mass is 16.2. The van der Waals surface area contributed by atoms with Crippen LogP contribution in [0.5, 0.6) is 0 Å². The third-order valence-electron chi connectivity index (χ3n) is 19.1. The highest BCUT2D eigenvalue weighted by Gasteiger charge is 2.58. The Kier molecular flexibility index (Phi) is 16.5. The van der Waals surface area contributed by atoms with Crippen LogP contribution < -0.4 is 14.7 Å². The van der Waals surface area contributed by atoms with E-state index in [0.717, 1.165) is 76.6 Å². The number of fused-ring (bicyclic) bond motifs is 5. The van der Waals surface area contributed by atoms with E-state index in [0.29, 0.717) is 60.2 Å². The summed E-state index contributed by atoms with van der Waals surface area (Å²) in [6.45, 7) is 30.9. The number of rotatable bonds is 18. The van der Waals surface area contributed by atoms with Crippen molar-refractivity contribution in [3.63, 3.8) is 0 Å². The lowest BCUT2D eigenvalue weighted by Gasteiger charge is -2.36. The normalized spacial score (nSPS) is 24.6. The first-order valence-electron chi connectivity index (χ1n) is 30.1. The number of anilines is 3. The summed E-state index contributed by atoms with van der Waals surface area (Å²) in [6.07, 6.45) is 7.72. The fourth-order valence-corrected chi connectivity index (χ4v) is 15.3. The van der Waals surface area contributed by atoms with Gasteiger partial charge in [-0.15, -0.1) is 0 Å². The van der Waals surface area contributed by atoms with Crippen LogP contribution in [0.1, 0.15) is 228 Å². The van der Waals surface area contributed by atoms with Gasteiger partial charge in [0, 0.05) is 39.1 Å². The molecule has 8 unspecified atom stereocenters. The quantitative estimate of drug-likeness (QED) is 0.114. The lowest BCUT2D eigenvalue weighted by molar-refractivity contribution is -0.137. The van der Waals surface area contributed by atoms with Crippen LogP contribution in [0.15, 0.2) is 48.6 Å². The van der Waals surface area contributed by atoms with Gasteiger partial charge in [0.15, 0.2) is 0 Å². The van der Waals surface area contributed by atoms with E-state index in [2.05, 4.69) is 126 Å². The van der Waals surface area contributed by atoms with Gasteiger partial charge in [-0.3, -0.25) is 38.4 Å². The Labute approximate surface area is 475 Å². The van der Waals surface area contributed by atoms with Gasteiger partial charge in [-0.2, -0.15) is 0 Å². The first-order chi connectivity index (χ1) is 37.7. The van der Waals surface area contributed by atoms with E-state index in [1.54, 1.807) is 9.80 Å². The molecule has 8 amide bonds.